The van der Waals surface area contributed by atoms with E-state index in [4.69, 9.17) is 1.37 Å². The largest absolute Gasteiger partial charge is 0.342 e. The molecule has 1 amide bonds. The lowest BCUT2D eigenvalue weighted by Crippen LogP contribution is -2.40. The minimum absolute atomic E-state index is 0.0358. The van der Waals surface area contributed by atoms with E-state index in [1.807, 2.05) is 4.90 Å². The highest BCUT2D eigenvalue weighted by atomic mass is 16.2. The molecule has 2 heteroatoms. The second kappa shape index (κ2) is 4.81. The molecule has 14 heavy (non-hydrogen) atoms. The van der Waals surface area contributed by atoms with Crippen molar-refractivity contribution in [1.82, 2.24) is 4.90 Å². The number of piperidine rings is 1. The maximum absolute atomic E-state index is 12.1. The van der Waals surface area contributed by atoms with Crippen molar-refractivity contribution >= 4 is 5.91 Å². The van der Waals surface area contributed by atoms with Gasteiger partial charge < -0.3 is 4.90 Å². The fourth-order valence-corrected chi connectivity index (χ4v) is 2.57. The maximum Gasteiger partial charge on any atom is 0.225 e. The molecule has 2 aliphatic rings. The molecule has 2 fully saturated rings. The zero-order valence-electron chi connectivity index (χ0n) is 9.87. The van der Waals surface area contributed by atoms with Crippen molar-refractivity contribution in [3.05, 3.63) is 0 Å². The second-order valence-corrected chi connectivity index (χ2v) is 4.55. The summed E-state index contributed by atoms with van der Waals surface area (Å²) in [5.41, 5.74) is 0. The predicted octanol–water partition coefficient (Wildman–Crippen LogP) is 2.58. The van der Waals surface area contributed by atoms with Crippen LogP contribution in [0, 0.1) is 5.92 Å². The van der Waals surface area contributed by atoms with E-state index in [1.54, 1.807) is 0 Å². The second-order valence-electron chi connectivity index (χ2n) is 4.55. The van der Waals surface area contributed by atoms with Gasteiger partial charge in [0, 0.05) is 20.4 Å². The number of carbonyl (C=O) groups is 1. The monoisotopic (exact) mass is 196 g/mol. The van der Waals surface area contributed by atoms with E-state index in [9.17, 15) is 4.79 Å². The number of likely N-dealkylation sites (tertiary alicyclic amines) is 1. The van der Waals surface area contributed by atoms with Gasteiger partial charge in [0.05, 0.1) is 0 Å². The van der Waals surface area contributed by atoms with Crippen LogP contribution < -0.4 is 0 Å². The molecule has 0 aromatic carbocycles. The Kier molecular flexibility index (Phi) is 3.01. The molecule has 1 saturated carbocycles. The molecule has 0 N–H and O–H groups in total. The number of carbonyl (C=O) groups excluding carboxylic acids is 1. The first-order chi connectivity index (χ1) is 7.27. The van der Waals surface area contributed by atoms with Crippen LogP contribution in [0.5, 0.6) is 0 Å². The van der Waals surface area contributed by atoms with Crippen molar-refractivity contribution in [2.24, 2.45) is 5.92 Å². The molecule has 0 spiro atoms. The minimum Gasteiger partial charge on any atom is -0.342 e. The molecule has 80 valence electrons. The quantitative estimate of drug-likeness (QED) is 0.631. The van der Waals surface area contributed by atoms with Crippen molar-refractivity contribution in [1.29, 1.82) is 0 Å². The summed E-state index contributed by atoms with van der Waals surface area (Å²) in [6.07, 6.45) is 7.84. The van der Waals surface area contributed by atoms with Gasteiger partial charge in [0.15, 0.2) is 0 Å². The van der Waals surface area contributed by atoms with Crippen LogP contribution in [0.25, 0.3) is 0 Å². The topological polar surface area (TPSA) is 20.3 Å². The lowest BCUT2D eigenvalue weighted by molar-refractivity contribution is -0.137. The van der Waals surface area contributed by atoms with Gasteiger partial charge in [-0.05, 0) is 32.1 Å². The third-order valence-electron chi connectivity index (χ3n) is 3.45. The standard InChI is InChI=1S/C12H21NO/c14-12(11-7-3-1-4-8-11)13-9-5-2-6-10-13/h11H,1-10H2/i5D. The molecule has 0 aromatic rings. The Hall–Kier alpha value is -0.530. The SMILES string of the molecule is [2H]C1CCCN(C(=O)C2CCCCC2)C1. The molecule has 0 aromatic heterocycles. The van der Waals surface area contributed by atoms with Crippen LogP contribution in [0.15, 0.2) is 0 Å². The lowest BCUT2D eigenvalue weighted by atomic mass is 9.88. The van der Waals surface area contributed by atoms with Crippen LogP contribution in [0.1, 0.15) is 52.7 Å². The zero-order chi connectivity index (χ0) is 10.7. The lowest BCUT2D eigenvalue weighted by Gasteiger charge is -2.31. The van der Waals surface area contributed by atoms with Crippen molar-refractivity contribution < 1.29 is 6.17 Å². The predicted molar refractivity (Wildman–Crippen MR) is 57.0 cm³/mol. The Morgan fingerprint density at radius 2 is 1.86 bits per heavy atom. The summed E-state index contributed by atoms with van der Waals surface area (Å²) in [7, 11) is 0. The fourth-order valence-electron chi connectivity index (χ4n) is 2.57. The number of amides is 1. The van der Waals surface area contributed by atoms with Gasteiger partial charge in [0.2, 0.25) is 5.91 Å². The molecule has 1 saturated heterocycles. The molecule has 1 unspecified atom stereocenters. The molecule has 1 aliphatic carbocycles. The van der Waals surface area contributed by atoms with E-state index in [0.29, 0.717) is 12.5 Å². The van der Waals surface area contributed by atoms with Gasteiger partial charge in [0.25, 0.3) is 0 Å². The zero-order valence-corrected chi connectivity index (χ0v) is 8.87. The van der Waals surface area contributed by atoms with E-state index in [0.717, 1.165) is 32.2 Å². The summed E-state index contributed by atoms with van der Waals surface area (Å²) in [4.78, 5) is 14.1. The molecule has 0 radical (unpaired) electrons. The van der Waals surface area contributed by atoms with Crippen LogP contribution >= 0.6 is 0 Å². The van der Waals surface area contributed by atoms with Crippen LogP contribution in [-0.4, -0.2) is 23.9 Å². The molecule has 0 bridgehead atoms. The van der Waals surface area contributed by atoms with Crippen LogP contribution in [0.3, 0.4) is 0 Å². The number of rotatable bonds is 1. The Morgan fingerprint density at radius 3 is 2.57 bits per heavy atom. The Labute approximate surface area is 88.1 Å². The smallest absolute Gasteiger partial charge is 0.225 e. The maximum atomic E-state index is 12.1. The van der Waals surface area contributed by atoms with E-state index in [1.165, 1.54) is 19.3 Å². The van der Waals surface area contributed by atoms with Gasteiger partial charge in [-0.2, -0.15) is 0 Å². The van der Waals surface area contributed by atoms with Gasteiger partial charge in [-0.1, -0.05) is 19.3 Å². The average molecular weight is 196 g/mol. The van der Waals surface area contributed by atoms with Crippen LogP contribution in [-0.2, 0) is 4.79 Å². The van der Waals surface area contributed by atoms with Crippen molar-refractivity contribution in [2.45, 2.75) is 51.3 Å². The molecule has 1 aliphatic heterocycles. The highest BCUT2D eigenvalue weighted by Crippen LogP contribution is 2.26. The van der Waals surface area contributed by atoms with Crippen LogP contribution in [0.2, 0.25) is 0 Å². The fraction of sp³-hybridized carbons (Fsp3) is 0.917. The molecular formula is C12H21NO. The first kappa shape index (κ1) is 8.75. The van der Waals surface area contributed by atoms with Crippen molar-refractivity contribution in [3.63, 3.8) is 0 Å². The van der Waals surface area contributed by atoms with Gasteiger partial charge in [-0.25, -0.2) is 0 Å². The van der Waals surface area contributed by atoms with Crippen LogP contribution in [0.4, 0.5) is 0 Å². The summed E-state index contributed by atoms with van der Waals surface area (Å²) >= 11 is 0. The Morgan fingerprint density at radius 1 is 1.07 bits per heavy atom. The van der Waals surface area contributed by atoms with E-state index >= 15 is 0 Å². The first-order valence-electron chi connectivity index (χ1n) is 6.56. The molecule has 2 nitrogen and oxygen atoms in total. The van der Waals surface area contributed by atoms with E-state index in [2.05, 4.69) is 0 Å². The summed E-state index contributed by atoms with van der Waals surface area (Å²) in [5, 5.41) is 0. The van der Waals surface area contributed by atoms with Crippen molar-refractivity contribution in [2.75, 3.05) is 13.1 Å². The molecule has 2 rings (SSSR count). The molecular weight excluding hydrogens is 174 g/mol. The number of hydrogen-bond acceptors (Lipinski definition) is 1. The summed E-state index contributed by atoms with van der Waals surface area (Å²) in [5.74, 6) is 0.621. The first-order valence-corrected chi connectivity index (χ1v) is 5.98. The number of hydrogen-bond donors (Lipinski definition) is 0. The summed E-state index contributed by atoms with van der Waals surface area (Å²) in [6.45, 7) is 1.57. The average Bonchev–Trinajstić information content (AvgIpc) is 2.29. The number of nitrogens with zero attached hydrogens (tertiary/aromatic N) is 1. The Bertz CT molecular complexity index is 226. The summed E-state index contributed by atoms with van der Waals surface area (Å²) < 4.78 is 7.72. The van der Waals surface area contributed by atoms with E-state index < -0.39 is 0 Å². The van der Waals surface area contributed by atoms with Gasteiger partial charge in [0.1, 0.15) is 0 Å². The summed E-state index contributed by atoms with van der Waals surface area (Å²) in [6, 6.07) is 0. The van der Waals surface area contributed by atoms with Gasteiger partial charge >= 0.3 is 0 Å². The Balaban J connectivity index is 1.88. The van der Waals surface area contributed by atoms with Gasteiger partial charge in [-0.3, -0.25) is 4.79 Å². The minimum atomic E-state index is -0.0358. The van der Waals surface area contributed by atoms with Crippen molar-refractivity contribution in [3.8, 4) is 0 Å². The van der Waals surface area contributed by atoms with Gasteiger partial charge in [-0.15, -0.1) is 0 Å². The third kappa shape index (κ3) is 2.28. The highest BCUT2D eigenvalue weighted by molar-refractivity contribution is 5.79. The van der Waals surface area contributed by atoms with E-state index in [-0.39, 0.29) is 12.3 Å². The highest BCUT2D eigenvalue weighted by Gasteiger charge is 2.26. The molecule has 1 heterocycles. The third-order valence-corrected chi connectivity index (χ3v) is 3.45. The normalized spacial score (nSPS) is 31.3. The molecule has 1 atom stereocenters.